The molecule has 1 aliphatic heterocycles. The molecule has 0 fully saturated rings. The standard InChI is InChI=1S/C27H24N2O6/c1-34-26-11-23-24(12-27(26)35-15-17-6-16(14-30)7-20(8-17)29(32)33)28-13-19-9-18-4-2-3-5-21(18)22(19)10-25(23)31/h2-8,11-13,19,22,30H,9-10,14-15H2,1H3. The van der Waals surface area contributed by atoms with Crippen LogP contribution in [0.4, 0.5) is 11.4 Å². The normalized spacial score (nSPS) is 18.2. The van der Waals surface area contributed by atoms with Gasteiger partial charge in [-0.3, -0.25) is 19.9 Å². The summed E-state index contributed by atoms with van der Waals surface area (Å²) >= 11 is 0. The van der Waals surface area contributed by atoms with E-state index < -0.39 is 4.92 Å². The molecule has 0 bridgehead atoms. The summed E-state index contributed by atoms with van der Waals surface area (Å²) in [6.07, 6.45) is 3.17. The van der Waals surface area contributed by atoms with Gasteiger partial charge in [0.05, 0.1) is 24.3 Å². The average molecular weight is 472 g/mol. The number of aliphatic hydroxyl groups excluding tert-OH is 1. The van der Waals surface area contributed by atoms with Gasteiger partial charge in [0.25, 0.3) is 5.69 Å². The van der Waals surface area contributed by atoms with Crippen LogP contribution in [-0.4, -0.2) is 29.1 Å². The molecule has 2 aliphatic rings. The fourth-order valence-electron chi connectivity index (χ4n) is 4.95. The number of nitrogens with zero attached hydrogens (tertiary/aromatic N) is 2. The fourth-order valence-corrected chi connectivity index (χ4v) is 4.95. The predicted octanol–water partition coefficient (Wildman–Crippen LogP) is 4.92. The maximum Gasteiger partial charge on any atom is 0.270 e. The lowest BCUT2D eigenvalue weighted by Crippen LogP contribution is -2.16. The third-order valence-electron chi connectivity index (χ3n) is 6.64. The van der Waals surface area contributed by atoms with Crippen LogP contribution in [0.25, 0.3) is 0 Å². The Morgan fingerprint density at radius 3 is 2.66 bits per heavy atom. The van der Waals surface area contributed by atoms with Crippen molar-refractivity contribution >= 4 is 23.4 Å². The molecule has 0 spiro atoms. The van der Waals surface area contributed by atoms with E-state index in [4.69, 9.17) is 9.47 Å². The Bertz CT molecular complexity index is 1350. The van der Waals surface area contributed by atoms with Gasteiger partial charge in [0.1, 0.15) is 6.61 Å². The number of carbonyl (C=O) groups is 1. The van der Waals surface area contributed by atoms with Crippen molar-refractivity contribution in [1.82, 2.24) is 0 Å². The number of rotatable bonds is 6. The first-order chi connectivity index (χ1) is 17.0. The van der Waals surface area contributed by atoms with Gasteiger partial charge in [-0.1, -0.05) is 24.3 Å². The van der Waals surface area contributed by atoms with E-state index in [1.807, 2.05) is 18.3 Å². The van der Waals surface area contributed by atoms with Crippen LogP contribution < -0.4 is 9.47 Å². The molecule has 1 aliphatic carbocycles. The first kappa shape index (κ1) is 22.7. The van der Waals surface area contributed by atoms with Crippen LogP contribution in [0.3, 0.4) is 0 Å². The number of methoxy groups -OCH3 is 1. The molecule has 1 N–H and O–H groups in total. The second-order valence-corrected chi connectivity index (χ2v) is 8.81. The third-order valence-corrected chi connectivity index (χ3v) is 6.64. The third kappa shape index (κ3) is 4.40. The van der Waals surface area contributed by atoms with Crippen molar-refractivity contribution in [2.45, 2.75) is 32.0 Å². The van der Waals surface area contributed by atoms with Crippen molar-refractivity contribution in [2.75, 3.05) is 7.11 Å². The number of ether oxygens (including phenoxy) is 2. The zero-order valence-electron chi connectivity index (χ0n) is 19.1. The first-order valence-electron chi connectivity index (χ1n) is 11.3. The van der Waals surface area contributed by atoms with Crippen LogP contribution in [0.2, 0.25) is 0 Å². The second kappa shape index (κ2) is 9.31. The molecule has 178 valence electrons. The fraction of sp³-hybridized carbons (Fsp3) is 0.259. The van der Waals surface area contributed by atoms with Gasteiger partial charge in [0.15, 0.2) is 17.3 Å². The van der Waals surface area contributed by atoms with Crippen molar-refractivity contribution < 1.29 is 24.3 Å². The SMILES string of the molecule is COc1cc2c(cc1OCc1cc(CO)cc([N+](=O)[O-])c1)N=CC1Cc3ccccc3C1CC2=O. The number of benzene rings is 3. The smallest absolute Gasteiger partial charge is 0.270 e. The number of aliphatic hydroxyl groups is 1. The molecule has 0 aromatic heterocycles. The highest BCUT2D eigenvalue weighted by molar-refractivity contribution is 6.03. The van der Waals surface area contributed by atoms with Gasteiger partial charge in [-0.05, 0) is 46.7 Å². The summed E-state index contributed by atoms with van der Waals surface area (Å²) in [6, 6.07) is 15.9. The summed E-state index contributed by atoms with van der Waals surface area (Å²) in [6.45, 7) is -0.304. The van der Waals surface area contributed by atoms with Crippen LogP contribution >= 0.6 is 0 Å². The number of nitro groups is 1. The molecule has 0 saturated heterocycles. The number of ketones is 1. The van der Waals surface area contributed by atoms with Gasteiger partial charge in [-0.15, -0.1) is 0 Å². The second-order valence-electron chi connectivity index (χ2n) is 8.81. The first-order valence-corrected chi connectivity index (χ1v) is 11.3. The zero-order valence-corrected chi connectivity index (χ0v) is 19.1. The molecule has 3 aromatic carbocycles. The Hall–Kier alpha value is -4.04. The number of aliphatic imine (C=N–C) groups is 1. The molecule has 5 rings (SSSR count). The van der Waals surface area contributed by atoms with E-state index >= 15 is 0 Å². The summed E-state index contributed by atoms with van der Waals surface area (Å²) in [5.74, 6) is 1.01. The molecular weight excluding hydrogens is 448 g/mol. The number of non-ortho nitro benzene ring substituents is 1. The summed E-state index contributed by atoms with van der Waals surface area (Å²) in [5, 5.41) is 20.6. The van der Waals surface area contributed by atoms with E-state index in [0.717, 1.165) is 6.42 Å². The Labute approximate surface area is 202 Å². The summed E-state index contributed by atoms with van der Waals surface area (Å²) in [4.78, 5) is 28.7. The van der Waals surface area contributed by atoms with Crippen LogP contribution in [0, 0.1) is 16.0 Å². The van der Waals surface area contributed by atoms with Gasteiger partial charge in [-0.25, -0.2) is 0 Å². The van der Waals surface area contributed by atoms with E-state index in [9.17, 15) is 20.0 Å². The summed E-state index contributed by atoms with van der Waals surface area (Å²) in [7, 11) is 1.49. The van der Waals surface area contributed by atoms with Gasteiger partial charge < -0.3 is 14.6 Å². The molecule has 1 heterocycles. The van der Waals surface area contributed by atoms with Gasteiger partial charge in [0.2, 0.25) is 0 Å². The minimum Gasteiger partial charge on any atom is -0.493 e. The molecule has 8 heteroatoms. The molecule has 35 heavy (non-hydrogen) atoms. The molecule has 0 radical (unpaired) electrons. The highest BCUT2D eigenvalue weighted by Gasteiger charge is 2.35. The van der Waals surface area contributed by atoms with Crippen molar-refractivity contribution in [2.24, 2.45) is 10.9 Å². The Balaban J connectivity index is 1.44. The van der Waals surface area contributed by atoms with Crippen LogP contribution in [-0.2, 0) is 19.6 Å². The van der Waals surface area contributed by atoms with E-state index in [2.05, 4.69) is 17.1 Å². The number of Topliss-reactive ketones (excluding diaryl/α,β-unsaturated/α-hetero) is 1. The minimum atomic E-state index is -0.510. The maximum absolute atomic E-state index is 13.3. The lowest BCUT2D eigenvalue weighted by Gasteiger charge is -2.21. The Kier molecular flexibility index (Phi) is 6.05. The number of hydrogen-bond donors (Lipinski definition) is 1. The molecule has 8 nitrogen and oxygen atoms in total. The highest BCUT2D eigenvalue weighted by atomic mass is 16.6. The zero-order chi connectivity index (χ0) is 24.5. The van der Waals surface area contributed by atoms with Gasteiger partial charge in [0, 0.05) is 42.3 Å². The van der Waals surface area contributed by atoms with Gasteiger partial charge >= 0.3 is 0 Å². The predicted molar refractivity (Wildman–Crippen MR) is 130 cm³/mol. The highest BCUT2D eigenvalue weighted by Crippen LogP contribution is 2.44. The lowest BCUT2D eigenvalue weighted by atomic mass is 9.85. The van der Waals surface area contributed by atoms with Gasteiger partial charge in [-0.2, -0.15) is 0 Å². The van der Waals surface area contributed by atoms with E-state index in [0.29, 0.717) is 40.3 Å². The van der Waals surface area contributed by atoms with Crippen molar-refractivity contribution in [1.29, 1.82) is 0 Å². The Morgan fingerprint density at radius 2 is 1.89 bits per heavy atom. The summed E-state index contributed by atoms with van der Waals surface area (Å²) < 4.78 is 11.4. The molecular formula is C27H24N2O6. The summed E-state index contributed by atoms with van der Waals surface area (Å²) in [5.41, 5.74) is 4.29. The number of nitro benzene ring substituents is 1. The van der Waals surface area contributed by atoms with Crippen LogP contribution in [0.5, 0.6) is 11.5 Å². The van der Waals surface area contributed by atoms with E-state index in [-0.39, 0.29) is 36.5 Å². The van der Waals surface area contributed by atoms with Crippen molar-refractivity contribution in [3.05, 3.63) is 92.5 Å². The lowest BCUT2D eigenvalue weighted by molar-refractivity contribution is -0.385. The average Bonchev–Trinajstić information content (AvgIpc) is 3.21. The molecule has 2 unspecified atom stereocenters. The molecule has 3 aromatic rings. The Morgan fingerprint density at radius 1 is 1.09 bits per heavy atom. The van der Waals surface area contributed by atoms with Crippen LogP contribution in [0.15, 0.2) is 59.6 Å². The number of carbonyl (C=O) groups excluding carboxylic acids is 1. The molecule has 0 amide bonds. The van der Waals surface area contributed by atoms with E-state index in [1.54, 1.807) is 18.2 Å². The monoisotopic (exact) mass is 472 g/mol. The molecule has 2 atom stereocenters. The van der Waals surface area contributed by atoms with E-state index in [1.165, 1.54) is 30.4 Å². The number of fused-ring (bicyclic) bond motifs is 4. The topological polar surface area (TPSA) is 111 Å². The molecule has 0 saturated carbocycles. The maximum atomic E-state index is 13.3. The van der Waals surface area contributed by atoms with Crippen molar-refractivity contribution in [3.8, 4) is 11.5 Å². The van der Waals surface area contributed by atoms with Crippen LogP contribution in [0.1, 0.15) is 45.0 Å². The quantitative estimate of drug-likeness (QED) is 0.403. The minimum absolute atomic E-state index is 0.000301. The number of hydrogen-bond acceptors (Lipinski definition) is 7. The van der Waals surface area contributed by atoms with Crippen molar-refractivity contribution in [3.63, 3.8) is 0 Å². The largest absolute Gasteiger partial charge is 0.493 e.